The highest BCUT2D eigenvalue weighted by Crippen LogP contribution is 2.61. The monoisotopic (exact) mass is 204 g/mol. The average Bonchev–Trinajstić information content (AvgIpc) is 2.14. The van der Waals surface area contributed by atoms with E-state index in [4.69, 9.17) is 0 Å². The molecule has 0 amide bonds. The van der Waals surface area contributed by atoms with Gasteiger partial charge in [0.15, 0.2) is 0 Å². The summed E-state index contributed by atoms with van der Waals surface area (Å²) in [7, 11) is 0. The quantitative estimate of drug-likeness (QED) is 0.501. The molecule has 0 N–H and O–H groups in total. The van der Waals surface area contributed by atoms with E-state index in [-0.39, 0.29) is 0 Å². The summed E-state index contributed by atoms with van der Waals surface area (Å²) in [6.07, 6.45) is 11.1. The van der Waals surface area contributed by atoms with Crippen LogP contribution in [0.2, 0.25) is 0 Å². The van der Waals surface area contributed by atoms with Gasteiger partial charge in [-0.25, -0.2) is 0 Å². The highest BCUT2D eigenvalue weighted by molar-refractivity contribution is 5.18. The van der Waals surface area contributed by atoms with E-state index in [1.807, 2.05) is 0 Å². The number of hydrogen-bond acceptors (Lipinski definition) is 0. The second-order valence-corrected chi connectivity index (χ2v) is 6.27. The van der Waals surface area contributed by atoms with Gasteiger partial charge in [-0.2, -0.15) is 0 Å². The fourth-order valence-corrected chi connectivity index (χ4v) is 3.36. The second-order valence-electron chi connectivity index (χ2n) is 6.27. The Hall–Kier alpha value is -0.520. The lowest BCUT2D eigenvalue weighted by Gasteiger charge is -2.57. The smallest absolute Gasteiger partial charge is 0.0146 e. The van der Waals surface area contributed by atoms with Crippen LogP contribution in [0.3, 0.4) is 0 Å². The third-order valence-electron chi connectivity index (χ3n) is 5.19. The van der Waals surface area contributed by atoms with Crippen molar-refractivity contribution in [3.63, 3.8) is 0 Å². The van der Waals surface area contributed by atoms with Crippen LogP contribution in [0.1, 0.15) is 52.9 Å². The van der Waals surface area contributed by atoms with Gasteiger partial charge in [0.05, 0.1) is 0 Å². The van der Waals surface area contributed by atoms with Crippen LogP contribution in [0.25, 0.3) is 0 Å². The van der Waals surface area contributed by atoms with E-state index in [1.54, 1.807) is 0 Å². The molecular formula is C15H24. The Morgan fingerprint density at radius 2 is 2.00 bits per heavy atom. The van der Waals surface area contributed by atoms with Crippen LogP contribution in [0.5, 0.6) is 0 Å². The number of allylic oxidation sites excluding steroid dienone is 3. The van der Waals surface area contributed by atoms with Crippen LogP contribution in [0.4, 0.5) is 0 Å². The minimum atomic E-state index is 0.430. The Balaban J connectivity index is 2.30. The summed E-state index contributed by atoms with van der Waals surface area (Å²) in [5.41, 5.74) is 2.43. The molecule has 0 spiro atoms. The molecule has 0 radical (unpaired) electrons. The zero-order valence-corrected chi connectivity index (χ0v) is 10.5. The van der Waals surface area contributed by atoms with Crippen LogP contribution in [-0.4, -0.2) is 0 Å². The SMILES string of the molecule is C=C1CC/C=C\CC(C)(C)C2(C)CCC12. The van der Waals surface area contributed by atoms with E-state index >= 15 is 0 Å². The van der Waals surface area contributed by atoms with Gasteiger partial charge < -0.3 is 0 Å². The van der Waals surface area contributed by atoms with Crippen molar-refractivity contribution in [1.29, 1.82) is 0 Å². The van der Waals surface area contributed by atoms with Crippen molar-refractivity contribution in [2.45, 2.75) is 52.9 Å². The van der Waals surface area contributed by atoms with Gasteiger partial charge in [-0.1, -0.05) is 45.1 Å². The normalized spacial score (nSPS) is 41.8. The molecule has 2 aliphatic rings. The first kappa shape index (κ1) is 11.0. The van der Waals surface area contributed by atoms with Gasteiger partial charge in [0.25, 0.3) is 0 Å². The average molecular weight is 204 g/mol. The van der Waals surface area contributed by atoms with Crippen molar-refractivity contribution < 1.29 is 0 Å². The number of fused-ring (bicyclic) bond motifs is 1. The van der Waals surface area contributed by atoms with Crippen LogP contribution in [0, 0.1) is 16.7 Å². The van der Waals surface area contributed by atoms with E-state index < -0.39 is 0 Å². The molecule has 0 aromatic heterocycles. The molecule has 0 aromatic carbocycles. The molecule has 15 heavy (non-hydrogen) atoms. The molecule has 2 unspecified atom stereocenters. The van der Waals surface area contributed by atoms with E-state index in [0.717, 1.165) is 5.92 Å². The molecule has 0 aliphatic heterocycles. The maximum atomic E-state index is 4.32. The highest BCUT2D eigenvalue weighted by atomic mass is 14.6. The van der Waals surface area contributed by atoms with Crippen molar-refractivity contribution in [3.05, 3.63) is 24.3 Å². The van der Waals surface area contributed by atoms with Gasteiger partial charge >= 0.3 is 0 Å². The van der Waals surface area contributed by atoms with E-state index in [9.17, 15) is 0 Å². The third kappa shape index (κ3) is 1.58. The van der Waals surface area contributed by atoms with Crippen LogP contribution in [0.15, 0.2) is 24.3 Å². The lowest BCUT2D eigenvalue weighted by molar-refractivity contribution is -0.0469. The Kier molecular flexibility index (Phi) is 2.56. The topological polar surface area (TPSA) is 0 Å². The van der Waals surface area contributed by atoms with E-state index in [0.29, 0.717) is 10.8 Å². The molecule has 2 atom stereocenters. The van der Waals surface area contributed by atoms with Gasteiger partial charge in [-0.15, -0.1) is 0 Å². The van der Waals surface area contributed by atoms with Crippen molar-refractivity contribution in [3.8, 4) is 0 Å². The standard InChI is InChI=1S/C15H24/c1-12-8-6-5-7-10-14(2,3)15(4)11-9-13(12)15/h5,7,13H,1,6,8-11H2,2-4H3/b7-5-. The predicted octanol–water partition coefficient (Wildman–Crippen LogP) is 4.73. The molecule has 0 nitrogen and oxygen atoms in total. The van der Waals surface area contributed by atoms with E-state index in [1.165, 1.54) is 37.7 Å². The van der Waals surface area contributed by atoms with Gasteiger partial charge in [0.2, 0.25) is 0 Å². The molecule has 0 bridgehead atoms. The number of hydrogen-bond donors (Lipinski definition) is 0. The minimum Gasteiger partial charge on any atom is -0.0995 e. The molecule has 84 valence electrons. The van der Waals surface area contributed by atoms with Gasteiger partial charge in [-0.3, -0.25) is 0 Å². The summed E-state index contributed by atoms with van der Waals surface area (Å²) in [6, 6.07) is 0. The molecule has 0 heteroatoms. The van der Waals surface area contributed by atoms with Gasteiger partial charge in [0, 0.05) is 0 Å². The molecule has 2 rings (SSSR count). The lowest BCUT2D eigenvalue weighted by atomic mass is 9.47. The maximum absolute atomic E-state index is 4.32. The van der Waals surface area contributed by atoms with Gasteiger partial charge in [-0.05, 0) is 48.9 Å². The molecule has 1 saturated carbocycles. The molecule has 2 aliphatic carbocycles. The van der Waals surface area contributed by atoms with Crippen LogP contribution in [-0.2, 0) is 0 Å². The molecule has 1 fully saturated rings. The zero-order chi connectivity index (χ0) is 11.1. The van der Waals surface area contributed by atoms with Crippen molar-refractivity contribution in [2.24, 2.45) is 16.7 Å². The van der Waals surface area contributed by atoms with Crippen LogP contribution < -0.4 is 0 Å². The first-order chi connectivity index (χ1) is 6.97. The van der Waals surface area contributed by atoms with Gasteiger partial charge in [0.1, 0.15) is 0 Å². The predicted molar refractivity (Wildman–Crippen MR) is 66.7 cm³/mol. The summed E-state index contributed by atoms with van der Waals surface area (Å²) in [5.74, 6) is 0.785. The summed E-state index contributed by atoms with van der Waals surface area (Å²) in [4.78, 5) is 0. The Bertz CT molecular complexity index is 295. The molecule has 0 aromatic rings. The fourth-order valence-electron chi connectivity index (χ4n) is 3.36. The summed E-state index contributed by atoms with van der Waals surface area (Å²) < 4.78 is 0. The van der Waals surface area contributed by atoms with Crippen molar-refractivity contribution >= 4 is 0 Å². The largest absolute Gasteiger partial charge is 0.0995 e. The first-order valence-electron chi connectivity index (χ1n) is 6.30. The molecule has 0 heterocycles. The Labute approximate surface area is 94.5 Å². The highest BCUT2D eigenvalue weighted by Gasteiger charge is 2.52. The van der Waals surface area contributed by atoms with Crippen molar-refractivity contribution in [2.75, 3.05) is 0 Å². The molecule has 0 saturated heterocycles. The summed E-state index contributed by atoms with van der Waals surface area (Å²) >= 11 is 0. The summed E-state index contributed by atoms with van der Waals surface area (Å²) in [5, 5.41) is 0. The fraction of sp³-hybridized carbons (Fsp3) is 0.733. The second kappa shape index (κ2) is 3.50. The minimum absolute atomic E-state index is 0.430. The zero-order valence-electron chi connectivity index (χ0n) is 10.5. The van der Waals surface area contributed by atoms with E-state index in [2.05, 4.69) is 39.5 Å². The summed E-state index contributed by atoms with van der Waals surface area (Å²) in [6.45, 7) is 11.7. The Morgan fingerprint density at radius 3 is 2.60 bits per heavy atom. The lowest BCUT2D eigenvalue weighted by Crippen LogP contribution is -2.49. The molecular weight excluding hydrogens is 180 g/mol. The maximum Gasteiger partial charge on any atom is -0.0146 e. The first-order valence-corrected chi connectivity index (χ1v) is 6.30. The number of rotatable bonds is 0. The third-order valence-corrected chi connectivity index (χ3v) is 5.19. The van der Waals surface area contributed by atoms with Crippen molar-refractivity contribution in [1.82, 2.24) is 0 Å². The Morgan fingerprint density at radius 1 is 1.27 bits per heavy atom. The van der Waals surface area contributed by atoms with Crippen LogP contribution >= 0.6 is 0 Å².